The smallest absolute Gasteiger partial charge is 0.185 e. The Morgan fingerprint density at radius 2 is 1.10 bits per heavy atom. The van der Waals surface area contributed by atoms with Crippen molar-refractivity contribution < 1.29 is 4.79 Å². The molecule has 1 aliphatic carbocycles. The number of halogens is 4. The van der Waals surface area contributed by atoms with Gasteiger partial charge in [0.2, 0.25) is 0 Å². The summed E-state index contributed by atoms with van der Waals surface area (Å²) in [5, 5.41) is 2.09. The van der Waals surface area contributed by atoms with E-state index in [1.54, 1.807) is 36.4 Å². The third kappa shape index (κ3) is 5.09. The first-order valence-electron chi connectivity index (χ1n) is 9.42. The molecule has 152 valence electrons. The third-order valence-corrected chi connectivity index (χ3v) is 6.70. The fraction of sp³-hybridized carbons (Fsp3) is 0.292. The SMILES string of the molecule is CC(C)(C)C1CC(=Cc2c(Cl)cccc2Cl)C(=O)C(=Cc2c(Cl)cccc2Cl)C1. The Labute approximate surface area is 192 Å². The molecule has 0 amide bonds. The van der Waals surface area contributed by atoms with Crippen LogP contribution in [0.25, 0.3) is 12.2 Å². The maximum absolute atomic E-state index is 13.3. The molecule has 0 heterocycles. The molecule has 2 aromatic rings. The van der Waals surface area contributed by atoms with Crippen LogP contribution in [0.1, 0.15) is 44.7 Å². The van der Waals surface area contributed by atoms with Gasteiger partial charge in [-0.1, -0.05) is 79.3 Å². The van der Waals surface area contributed by atoms with E-state index >= 15 is 0 Å². The van der Waals surface area contributed by atoms with Crippen molar-refractivity contribution in [1.29, 1.82) is 0 Å². The number of ketones is 1. The predicted molar refractivity (Wildman–Crippen MR) is 126 cm³/mol. The number of rotatable bonds is 2. The standard InChI is InChI=1S/C24H22Cl4O/c1-24(2,3)16-10-14(12-17-19(25)6-4-7-20(17)26)23(29)15(11-16)13-18-21(27)8-5-9-22(18)28/h4-9,12-13,16H,10-11H2,1-3H3. The van der Waals surface area contributed by atoms with Gasteiger partial charge in [-0.3, -0.25) is 4.79 Å². The van der Waals surface area contributed by atoms with Gasteiger partial charge in [0.15, 0.2) is 5.78 Å². The molecule has 0 atom stereocenters. The van der Waals surface area contributed by atoms with Crippen LogP contribution in [-0.2, 0) is 4.79 Å². The average Bonchev–Trinajstić information content (AvgIpc) is 2.63. The number of hydrogen-bond donors (Lipinski definition) is 0. The summed E-state index contributed by atoms with van der Waals surface area (Å²) < 4.78 is 0. The highest BCUT2D eigenvalue weighted by molar-refractivity contribution is 6.38. The molecule has 1 aliphatic rings. The first kappa shape index (κ1) is 22.4. The van der Waals surface area contributed by atoms with E-state index < -0.39 is 0 Å². The van der Waals surface area contributed by atoms with Crippen LogP contribution >= 0.6 is 46.4 Å². The van der Waals surface area contributed by atoms with Crippen LogP contribution in [0.15, 0.2) is 47.5 Å². The minimum absolute atomic E-state index is 0.0162. The van der Waals surface area contributed by atoms with E-state index in [9.17, 15) is 4.79 Å². The van der Waals surface area contributed by atoms with Crippen LogP contribution in [0.2, 0.25) is 20.1 Å². The Kier molecular flexibility index (Phi) is 6.85. The van der Waals surface area contributed by atoms with Crippen LogP contribution < -0.4 is 0 Å². The predicted octanol–water partition coefficient (Wildman–Crippen LogP) is 8.79. The monoisotopic (exact) mass is 466 g/mol. The van der Waals surface area contributed by atoms with Crippen LogP contribution in [-0.4, -0.2) is 5.78 Å². The lowest BCUT2D eigenvalue weighted by molar-refractivity contribution is -0.113. The third-order valence-electron chi connectivity index (χ3n) is 5.38. The average molecular weight is 468 g/mol. The Balaban J connectivity index is 2.12. The molecule has 2 aromatic carbocycles. The van der Waals surface area contributed by atoms with Gasteiger partial charge in [-0.2, -0.15) is 0 Å². The number of Topliss-reactive ketones (excluding diaryl/α,β-unsaturated/α-hetero) is 1. The first-order chi connectivity index (χ1) is 13.6. The largest absolute Gasteiger partial charge is 0.289 e. The van der Waals surface area contributed by atoms with Gasteiger partial charge in [0.1, 0.15) is 0 Å². The van der Waals surface area contributed by atoms with E-state index in [1.165, 1.54) is 0 Å². The molecule has 0 spiro atoms. The van der Waals surface area contributed by atoms with Crippen molar-refractivity contribution in [1.82, 2.24) is 0 Å². The molecule has 0 aromatic heterocycles. The van der Waals surface area contributed by atoms with E-state index in [0.29, 0.717) is 55.2 Å². The molecule has 1 nitrogen and oxygen atoms in total. The van der Waals surface area contributed by atoms with Crippen molar-refractivity contribution in [2.24, 2.45) is 11.3 Å². The van der Waals surface area contributed by atoms with Gasteiger partial charge in [0.05, 0.1) is 0 Å². The second-order valence-electron chi connectivity index (χ2n) is 8.41. The lowest BCUT2D eigenvalue weighted by atomic mass is 9.68. The molecule has 1 saturated carbocycles. The molecule has 3 rings (SSSR count). The van der Waals surface area contributed by atoms with Gasteiger partial charge in [-0.25, -0.2) is 0 Å². The fourth-order valence-corrected chi connectivity index (χ4v) is 4.51. The summed E-state index contributed by atoms with van der Waals surface area (Å²) in [5.74, 6) is 0.262. The maximum atomic E-state index is 13.3. The number of carbonyl (C=O) groups excluding carboxylic acids is 1. The van der Waals surface area contributed by atoms with Crippen LogP contribution in [0.4, 0.5) is 0 Å². The number of benzene rings is 2. The van der Waals surface area contributed by atoms with Gasteiger partial charge >= 0.3 is 0 Å². The Bertz CT molecular complexity index is 898. The van der Waals surface area contributed by atoms with Crippen LogP contribution in [0.3, 0.4) is 0 Å². The summed E-state index contributed by atoms with van der Waals surface area (Å²) in [7, 11) is 0. The van der Waals surface area contributed by atoms with Crippen molar-refractivity contribution in [3.8, 4) is 0 Å². The molecule has 0 aliphatic heterocycles. The molecule has 1 fully saturated rings. The van der Waals surface area contributed by atoms with Gasteiger partial charge in [0.25, 0.3) is 0 Å². The topological polar surface area (TPSA) is 17.1 Å². The zero-order chi connectivity index (χ0) is 21.3. The van der Waals surface area contributed by atoms with E-state index in [2.05, 4.69) is 20.8 Å². The quantitative estimate of drug-likeness (QED) is 0.403. The minimum atomic E-state index is -0.0162. The lowest BCUT2D eigenvalue weighted by Gasteiger charge is -2.35. The summed E-state index contributed by atoms with van der Waals surface area (Å²) >= 11 is 25.4. The second kappa shape index (κ2) is 8.86. The van der Waals surface area contributed by atoms with E-state index in [4.69, 9.17) is 46.4 Å². The van der Waals surface area contributed by atoms with Crippen LogP contribution in [0, 0.1) is 11.3 Å². The van der Waals surface area contributed by atoms with Crippen molar-refractivity contribution in [3.05, 3.63) is 78.8 Å². The Morgan fingerprint density at radius 1 is 0.759 bits per heavy atom. The molecule has 0 radical (unpaired) electrons. The van der Waals surface area contributed by atoms with Gasteiger partial charge in [-0.15, -0.1) is 0 Å². The highest BCUT2D eigenvalue weighted by atomic mass is 35.5. The van der Waals surface area contributed by atoms with Crippen molar-refractivity contribution >= 4 is 64.3 Å². The summed E-state index contributed by atoms with van der Waals surface area (Å²) in [6, 6.07) is 10.7. The molecule has 5 heteroatoms. The van der Waals surface area contributed by atoms with Crippen molar-refractivity contribution in [3.63, 3.8) is 0 Å². The van der Waals surface area contributed by atoms with E-state index in [0.717, 1.165) is 0 Å². The molecule has 0 bridgehead atoms. The summed E-state index contributed by atoms with van der Waals surface area (Å²) in [4.78, 5) is 13.3. The summed E-state index contributed by atoms with van der Waals surface area (Å²) in [6.07, 6.45) is 4.98. The summed E-state index contributed by atoms with van der Waals surface area (Å²) in [6.45, 7) is 6.56. The van der Waals surface area contributed by atoms with Gasteiger partial charge in [0, 0.05) is 42.4 Å². The van der Waals surface area contributed by atoms with Gasteiger partial charge in [-0.05, 0) is 60.6 Å². The van der Waals surface area contributed by atoms with E-state index in [1.807, 2.05) is 12.2 Å². The number of carbonyl (C=O) groups is 1. The molecule has 0 unspecified atom stereocenters. The lowest BCUT2D eigenvalue weighted by Crippen LogP contribution is -2.29. The Hall–Kier alpha value is -1.25. The highest BCUT2D eigenvalue weighted by Crippen LogP contribution is 2.43. The second-order valence-corrected chi connectivity index (χ2v) is 10.0. The maximum Gasteiger partial charge on any atom is 0.185 e. The molecule has 29 heavy (non-hydrogen) atoms. The molecular weight excluding hydrogens is 446 g/mol. The first-order valence-corrected chi connectivity index (χ1v) is 10.9. The highest BCUT2D eigenvalue weighted by Gasteiger charge is 2.34. The fourth-order valence-electron chi connectivity index (χ4n) is 3.50. The Morgan fingerprint density at radius 3 is 1.41 bits per heavy atom. The molecule has 0 N–H and O–H groups in total. The minimum Gasteiger partial charge on any atom is -0.289 e. The normalized spacial score (nSPS) is 20.5. The number of allylic oxidation sites excluding steroid dienone is 2. The van der Waals surface area contributed by atoms with Crippen molar-refractivity contribution in [2.45, 2.75) is 33.6 Å². The summed E-state index contributed by atoms with van der Waals surface area (Å²) in [5.41, 5.74) is 2.75. The van der Waals surface area contributed by atoms with Crippen LogP contribution in [0.5, 0.6) is 0 Å². The van der Waals surface area contributed by atoms with E-state index in [-0.39, 0.29) is 17.1 Å². The zero-order valence-electron chi connectivity index (χ0n) is 16.5. The zero-order valence-corrected chi connectivity index (χ0v) is 19.6. The molecule has 0 saturated heterocycles. The van der Waals surface area contributed by atoms with Crippen molar-refractivity contribution in [2.75, 3.05) is 0 Å². The van der Waals surface area contributed by atoms with Gasteiger partial charge < -0.3 is 0 Å². The number of hydrogen-bond acceptors (Lipinski definition) is 1. The molecular formula is C24H22Cl4O.